The number of benzene rings is 2. The first kappa shape index (κ1) is 19.4. The molecule has 7 nitrogen and oxygen atoms in total. The van der Waals surface area contributed by atoms with Gasteiger partial charge in [-0.1, -0.05) is 30.3 Å². The highest BCUT2D eigenvalue weighted by Gasteiger charge is 2.49. The summed E-state index contributed by atoms with van der Waals surface area (Å²) in [5.74, 6) is -0.440. The molecule has 1 aliphatic heterocycles. The average molecular weight is 380 g/mol. The van der Waals surface area contributed by atoms with Crippen molar-refractivity contribution in [2.45, 2.75) is 26.3 Å². The fourth-order valence-electron chi connectivity index (χ4n) is 3.24. The molecule has 0 unspecified atom stereocenters. The van der Waals surface area contributed by atoms with Gasteiger partial charge in [-0.15, -0.1) is 5.01 Å². The highest BCUT2D eigenvalue weighted by Crippen LogP contribution is 2.29. The van der Waals surface area contributed by atoms with Crippen molar-refractivity contribution in [3.05, 3.63) is 59.7 Å². The van der Waals surface area contributed by atoms with Crippen LogP contribution in [0.5, 0.6) is 5.75 Å². The van der Waals surface area contributed by atoms with Crippen molar-refractivity contribution in [3.63, 3.8) is 0 Å². The van der Waals surface area contributed by atoms with Crippen LogP contribution in [0.4, 0.5) is 10.5 Å². The van der Waals surface area contributed by atoms with Crippen LogP contribution in [-0.2, 0) is 10.3 Å². The lowest BCUT2D eigenvalue weighted by Crippen LogP contribution is -2.40. The van der Waals surface area contributed by atoms with Gasteiger partial charge in [-0.2, -0.15) is 5.10 Å². The lowest BCUT2D eigenvalue weighted by Gasteiger charge is -2.21. The van der Waals surface area contributed by atoms with E-state index in [9.17, 15) is 14.7 Å². The summed E-state index contributed by atoms with van der Waals surface area (Å²) < 4.78 is 0. The van der Waals surface area contributed by atoms with E-state index in [0.717, 1.165) is 23.8 Å². The molecule has 1 atom stereocenters. The molecule has 1 saturated heterocycles. The SMILES string of the molecule is CCN(CC)c1ccc(/C=N/N2C(=O)N[C@@](C)(c3ccccc3)C2=O)c(O)c1. The average Bonchev–Trinajstić information content (AvgIpc) is 2.92. The Morgan fingerprint density at radius 3 is 2.43 bits per heavy atom. The Labute approximate surface area is 164 Å². The summed E-state index contributed by atoms with van der Waals surface area (Å²) >= 11 is 0. The largest absolute Gasteiger partial charge is 0.507 e. The molecule has 2 N–H and O–H groups in total. The van der Waals surface area contributed by atoms with Gasteiger partial charge in [0.1, 0.15) is 11.3 Å². The van der Waals surface area contributed by atoms with E-state index in [1.165, 1.54) is 6.21 Å². The van der Waals surface area contributed by atoms with Crippen LogP contribution in [-0.4, -0.2) is 41.4 Å². The third-order valence-corrected chi connectivity index (χ3v) is 4.98. The maximum absolute atomic E-state index is 12.8. The standard InChI is InChI=1S/C21H24N4O3/c1-4-24(5-2)17-12-11-15(18(26)13-17)14-22-25-19(27)21(3,23-20(25)28)16-9-7-6-8-10-16/h6-14,26H,4-5H2,1-3H3,(H,23,28)/b22-14+/t21-/m0/s1. The van der Waals surface area contributed by atoms with Gasteiger partial charge in [0.15, 0.2) is 0 Å². The Hall–Kier alpha value is -3.35. The maximum atomic E-state index is 12.8. The first-order chi connectivity index (χ1) is 13.4. The molecule has 0 aliphatic carbocycles. The summed E-state index contributed by atoms with van der Waals surface area (Å²) in [6, 6.07) is 13.6. The predicted octanol–water partition coefficient (Wildman–Crippen LogP) is 3.04. The normalized spacial score (nSPS) is 19.3. The minimum atomic E-state index is -1.18. The number of phenols is 1. The van der Waals surface area contributed by atoms with E-state index in [1.807, 2.05) is 26.0 Å². The number of carbonyl (C=O) groups is 2. The van der Waals surface area contributed by atoms with Gasteiger partial charge in [0.05, 0.1) is 6.21 Å². The molecule has 1 heterocycles. The van der Waals surface area contributed by atoms with E-state index in [2.05, 4.69) is 15.3 Å². The van der Waals surface area contributed by atoms with Crippen molar-refractivity contribution in [3.8, 4) is 5.75 Å². The van der Waals surface area contributed by atoms with Crippen LogP contribution in [0, 0.1) is 0 Å². The molecule has 2 aromatic rings. The van der Waals surface area contributed by atoms with E-state index in [0.29, 0.717) is 11.1 Å². The molecule has 0 saturated carbocycles. The summed E-state index contributed by atoms with van der Waals surface area (Å²) in [6.07, 6.45) is 1.32. The van der Waals surface area contributed by atoms with Crippen LogP contribution in [0.3, 0.4) is 0 Å². The molecule has 146 valence electrons. The summed E-state index contributed by atoms with van der Waals surface area (Å²) in [7, 11) is 0. The first-order valence-corrected chi connectivity index (χ1v) is 9.24. The van der Waals surface area contributed by atoms with Gasteiger partial charge in [-0.25, -0.2) is 4.79 Å². The zero-order valence-electron chi connectivity index (χ0n) is 16.2. The summed E-state index contributed by atoms with van der Waals surface area (Å²) in [5.41, 5.74) is 0.818. The van der Waals surface area contributed by atoms with E-state index < -0.39 is 17.5 Å². The number of anilines is 1. The van der Waals surface area contributed by atoms with Crippen molar-refractivity contribution >= 4 is 23.8 Å². The van der Waals surface area contributed by atoms with Crippen LogP contribution in [0.15, 0.2) is 53.6 Å². The van der Waals surface area contributed by atoms with Crippen LogP contribution in [0.1, 0.15) is 31.9 Å². The second kappa shape index (κ2) is 7.72. The first-order valence-electron chi connectivity index (χ1n) is 9.24. The number of hydrazone groups is 1. The second-order valence-electron chi connectivity index (χ2n) is 6.70. The molecule has 0 spiro atoms. The minimum absolute atomic E-state index is 0.0334. The smallest absolute Gasteiger partial charge is 0.346 e. The van der Waals surface area contributed by atoms with Crippen molar-refractivity contribution in [2.75, 3.05) is 18.0 Å². The lowest BCUT2D eigenvalue weighted by atomic mass is 9.92. The Balaban J connectivity index is 1.83. The number of rotatable bonds is 6. The summed E-state index contributed by atoms with van der Waals surface area (Å²) in [5, 5.41) is 17.8. The van der Waals surface area contributed by atoms with Crippen LogP contribution >= 0.6 is 0 Å². The van der Waals surface area contributed by atoms with Gasteiger partial charge >= 0.3 is 6.03 Å². The minimum Gasteiger partial charge on any atom is -0.507 e. The number of phenolic OH excluding ortho intramolecular Hbond substituents is 1. The third kappa shape index (κ3) is 3.43. The van der Waals surface area contributed by atoms with Gasteiger partial charge in [-0.3, -0.25) is 4.79 Å². The van der Waals surface area contributed by atoms with Crippen LogP contribution in [0.2, 0.25) is 0 Å². The molecule has 0 aromatic heterocycles. The van der Waals surface area contributed by atoms with Gasteiger partial charge in [0.25, 0.3) is 5.91 Å². The molecular formula is C21H24N4O3. The number of carbonyl (C=O) groups excluding carboxylic acids is 2. The number of urea groups is 1. The molecule has 28 heavy (non-hydrogen) atoms. The summed E-state index contributed by atoms with van der Waals surface area (Å²) in [4.78, 5) is 27.2. The molecule has 3 amide bonds. The summed E-state index contributed by atoms with van der Waals surface area (Å²) in [6.45, 7) is 7.37. The van der Waals surface area contributed by atoms with Crippen molar-refractivity contribution in [1.29, 1.82) is 0 Å². The quantitative estimate of drug-likeness (QED) is 0.596. The highest BCUT2D eigenvalue weighted by molar-refractivity contribution is 6.07. The fourth-order valence-corrected chi connectivity index (χ4v) is 3.24. The monoisotopic (exact) mass is 380 g/mol. The Bertz CT molecular complexity index is 909. The third-order valence-electron chi connectivity index (χ3n) is 4.98. The topological polar surface area (TPSA) is 85.2 Å². The molecule has 1 fully saturated rings. The van der Waals surface area contributed by atoms with Crippen molar-refractivity contribution in [2.24, 2.45) is 5.10 Å². The van der Waals surface area contributed by atoms with E-state index in [-0.39, 0.29) is 5.75 Å². The molecule has 1 aliphatic rings. The number of nitrogens with one attached hydrogen (secondary N) is 1. The number of amides is 3. The second-order valence-corrected chi connectivity index (χ2v) is 6.70. The van der Waals surface area contributed by atoms with Crippen molar-refractivity contribution < 1.29 is 14.7 Å². The highest BCUT2D eigenvalue weighted by atomic mass is 16.3. The number of hydrogen-bond donors (Lipinski definition) is 2. The fraction of sp³-hybridized carbons (Fsp3) is 0.286. The van der Waals surface area contributed by atoms with Crippen molar-refractivity contribution in [1.82, 2.24) is 10.3 Å². The maximum Gasteiger partial charge on any atom is 0.346 e. The number of nitrogens with zero attached hydrogens (tertiary/aromatic N) is 3. The van der Waals surface area contributed by atoms with Crippen LogP contribution < -0.4 is 10.2 Å². The van der Waals surface area contributed by atoms with E-state index in [1.54, 1.807) is 43.3 Å². The van der Waals surface area contributed by atoms with E-state index in [4.69, 9.17) is 0 Å². The lowest BCUT2D eigenvalue weighted by molar-refractivity contribution is -0.131. The Morgan fingerprint density at radius 2 is 1.82 bits per heavy atom. The molecule has 0 radical (unpaired) electrons. The van der Waals surface area contributed by atoms with E-state index >= 15 is 0 Å². The Kier molecular flexibility index (Phi) is 5.35. The predicted molar refractivity (Wildman–Crippen MR) is 108 cm³/mol. The van der Waals surface area contributed by atoms with Gasteiger partial charge in [-0.05, 0) is 38.5 Å². The van der Waals surface area contributed by atoms with Gasteiger partial charge in [0.2, 0.25) is 0 Å². The molecule has 7 heteroatoms. The molecule has 3 rings (SSSR count). The van der Waals surface area contributed by atoms with Gasteiger partial charge < -0.3 is 15.3 Å². The zero-order valence-corrected chi connectivity index (χ0v) is 16.2. The zero-order chi connectivity index (χ0) is 20.3. The number of imide groups is 1. The number of hydrogen-bond acceptors (Lipinski definition) is 5. The van der Waals surface area contributed by atoms with Crippen LogP contribution in [0.25, 0.3) is 0 Å². The molecule has 2 aromatic carbocycles. The number of aromatic hydroxyl groups is 1. The molecular weight excluding hydrogens is 356 g/mol. The molecule has 0 bridgehead atoms. The Morgan fingerprint density at radius 1 is 1.14 bits per heavy atom. The van der Waals surface area contributed by atoms with Gasteiger partial charge in [0, 0.05) is 30.4 Å².